The van der Waals surface area contributed by atoms with Crippen molar-refractivity contribution in [1.82, 2.24) is 9.88 Å². The van der Waals surface area contributed by atoms with Crippen molar-refractivity contribution in [1.29, 1.82) is 0 Å². The molecular weight excluding hydrogens is 456 g/mol. The van der Waals surface area contributed by atoms with E-state index in [1.54, 1.807) is 41.6 Å². The number of amides is 1. The van der Waals surface area contributed by atoms with Gasteiger partial charge in [0.2, 0.25) is 5.76 Å². The molecular formula is C29H28N2O5. The van der Waals surface area contributed by atoms with Crippen molar-refractivity contribution in [3.8, 4) is 11.5 Å². The molecule has 1 aliphatic rings. The van der Waals surface area contributed by atoms with Crippen LogP contribution in [0.4, 0.5) is 0 Å². The molecule has 0 N–H and O–H groups in total. The first-order valence-corrected chi connectivity index (χ1v) is 12.3. The normalized spacial score (nSPS) is 14.8. The van der Waals surface area contributed by atoms with Gasteiger partial charge in [-0.05, 0) is 60.9 Å². The number of fused-ring (bicyclic) bond motifs is 2. The van der Waals surface area contributed by atoms with Crippen molar-refractivity contribution >= 4 is 16.9 Å². The van der Waals surface area contributed by atoms with E-state index in [2.05, 4.69) is 11.9 Å². The molecule has 1 amide bonds. The van der Waals surface area contributed by atoms with Crippen LogP contribution in [0.5, 0.6) is 11.5 Å². The monoisotopic (exact) mass is 484 g/mol. The zero-order valence-electron chi connectivity index (χ0n) is 20.4. The van der Waals surface area contributed by atoms with E-state index in [0.717, 1.165) is 24.0 Å². The van der Waals surface area contributed by atoms with E-state index in [9.17, 15) is 9.59 Å². The van der Waals surface area contributed by atoms with Crippen LogP contribution in [0.25, 0.3) is 11.0 Å². The van der Waals surface area contributed by atoms with Gasteiger partial charge in [-0.2, -0.15) is 0 Å². The topological polar surface area (TPSA) is 81.9 Å². The minimum absolute atomic E-state index is 0.0824. The van der Waals surface area contributed by atoms with Gasteiger partial charge in [-0.15, -0.1) is 0 Å². The van der Waals surface area contributed by atoms with Crippen LogP contribution in [-0.4, -0.2) is 29.0 Å². The van der Waals surface area contributed by atoms with Gasteiger partial charge in [-0.25, -0.2) is 0 Å². The highest BCUT2D eigenvalue weighted by molar-refractivity contribution is 5.99. The van der Waals surface area contributed by atoms with E-state index in [0.29, 0.717) is 47.8 Å². The Kier molecular flexibility index (Phi) is 6.71. The van der Waals surface area contributed by atoms with Gasteiger partial charge in [0.25, 0.3) is 5.91 Å². The number of unbranched alkanes of at least 4 members (excludes halogenated alkanes) is 1. The number of carbonyl (C=O) groups is 1. The van der Waals surface area contributed by atoms with E-state index < -0.39 is 6.04 Å². The average Bonchev–Trinajstić information content (AvgIpc) is 3.17. The smallest absolute Gasteiger partial charge is 0.291 e. The molecule has 1 aliphatic heterocycles. The highest BCUT2D eigenvalue weighted by atomic mass is 16.5. The molecule has 2 aromatic heterocycles. The van der Waals surface area contributed by atoms with Crippen molar-refractivity contribution < 1.29 is 18.7 Å². The zero-order chi connectivity index (χ0) is 25.1. The molecule has 0 aliphatic carbocycles. The first kappa shape index (κ1) is 23.6. The lowest BCUT2D eigenvalue weighted by Gasteiger charge is -2.26. The molecule has 0 bridgehead atoms. The Morgan fingerprint density at radius 1 is 0.972 bits per heavy atom. The number of carbonyl (C=O) groups excluding carboxylic acids is 1. The standard InChI is InChI=1S/C29H28N2O5/c1-3-5-16-35-23-11-10-20(17-24(23)34-4-2)26-25-27(32)21-8-6-7-9-22(21)36-28(25)29(33)31(26)18-19-12-14-30-15-13-19/h6-15,17,26H,3-5,16,18H2,1-2H3. The molecule has 0 saturated heterocycles. The molecule has 4 aromatic rings. The van der Waals surface area contributed by atoms with E-state index in [-0.39, 0.29) is 17.1 Å². The number of ether oxygens (including phenoxy) is 2. The van der Waals surface area contributed by atoms with Crippen LogP contribution in [0.1, 0.15) is 60.0 Å². The lowest BCUT2D eigenvalue weighted by atomic mass is 9.98. The summed E-state index contributed by atoms with van der Waals surface area (Å²) in [6.07, 6.45) is 5.33. The Labute approximate surface area is 209 Å². The molecule has 5 rings (SSSR count). The molecule has 1 unspecified atom stereocenters. The third kappa shape index (κ3) is 4.33. The average molecular weight is 485 g/mol. The van der Waals surface area contributed by atoms with Gasteiger partial charge in [0.05, 0.1) is 30.2 Å². The van der Waals surface area contributed by atoms with Gasteiger partial charge in [0.15, 0.2) is 16.9 Å². The molecule has 184 valence electrons. The highest BCUT2D eigenvalue weighted by Gasteiger charge is 2.43. The van der Waals surface area contributed by atoms with Gasteiger partial charge in [-0.1, -0.05) is 31.5 Å². The molecule has 0 saturated carbocycles. The van der Waals surface area contributed by atoms with Crippen LogP contribution in [0.15, 0.2) is 76.2 Å². The summed E-state index contributed by atoms with van der Waals surface area (Å²) in [5.41, 5.74) is 2.19. The molecule has 2 aromatic carbocycles. The van der Waals surface area contributed by atoms with Crippen LogP contribution in [0.2, 0.25) is 0 Å². The number of para-hydroxylation sites is 1. The highest BCUT2D eigenvalue weighted by Crippen LogP contribution is 2.41. The quantitative estimate of drug-likeness (QED) is 0.291. The SMILES string of the molecule is CCCCOc1ccc(C2c3c(oc4ccccc4c3=O)C(=O)N2Cc2ccncc2)cc1OCC. The van der Waals surface area contributed by atoms with E-state index >= 15 is 0 Å². The van der Waals surface area contributed by atoms with Crippen molar-refractivity contribution in [2.45, 2.75) is 39.3 Å². The first-order chi connectivity index (χ1) is 17.6. The predicted octanol–water partition coefficient (Wildman–Crippen LogP) is 5.51. The third-order valence-corrected chi connectivity index (χ3v) is 6.31. The van der Waals surface area contributed by atoms with Gasteiger partial charge >= 0.3 is 0 Å². The Morgan fingerprint density at radius 2 is 1.78 bits per heavy atom. The molecule has 0 fully saturated rings. The van der Waals surface area contributed by atoms with Crippen molar-refractivity contribution in [3.63, 3.8) is 0 Å². The van der Waals surface area contributed by atoms with Crippen LogP contribution in [0, 0.1) is 0 Å². The van der Waals surface area contributed by atoms with E-state index in [1.165, 1.54) is 0 Å². The zero-order valence-corrected chi connectivity index (χ0v) is 20.4. The van der Waals surface area contributed by atoms with Gasteiger partial charge < -0.3 is 18.8 Å². The summed E-state index contributed by atoms with van der Waals surface area (Å²) in [5.74, 6) is 0.987. The van der Waals surface area contributed by atoms with Crippen molar-refractivity contribution in [2.24, 2.45) is 0 Å². The second-order valence-corrected chi connectivity index (χ2v) is 8.70. The Morgan fingerprint density at radius 3 is 2.56 bits per heavy atom. The molecule has 7 heteroatoms. The molecule has 7 nitrogen and oxygen atoms in total. The number of hydrogen-bond acceptors (Lipinski definition) is 6. The van der Waals surface area contributed by atoms with E-state index in [4.69, 9.17) is 13.9 Å². The number of aromatic nitrogens is 1. The summed E-state index contributed by atoms with van der Waals surface area (Å²) >= 11 is 0. The Balaban J connectivity index is 1.65. The predicted molar refractivity (Wildman–Crippen MR) is 136 cm³/mol. The summed E-state index contributed by atoms with van der Waals surface area (Å²) in [5, 5.41) is 0.448. The van der Waals surface area contributed by atoms with Crippen LogP contribution in [0.3, 0.4) is 0 Å². The fraction of sp³-hybridized carbons (Fsp3) is 0.276. The van der Waals surface area contributed by atoms with Crippen LogP contribution < -0.4 is 14.9 Å². The van der Waals surface area contributed by atoms with Crippen LogP contribution in [-0.2, 0) is 6.54 Å². The minimum atomic E-state index is -0.634. The molecule has 0 radical (unpaired) electrons. The third-order valence-electron chi connectivity index (χ3n) is 6.31. The van der Waals surface area contributed by atoms with Crippen molar-refractivity contribution in [3.05, 3.63) is 99.7 Å². The molecule has 36 heavy (non-hydrogen) atoms. The number of pyridine rings is 1. The second kappa shape index (κ2) is 10.2. The van der Waals surface area contributed by atoms with Gasteiger partial charge in [0.1, 0.15) is 5.58 Å². The van der Waals surface area contributed by atoms with Gasteiger partial charge in [0, 0.05) is 18.9 Å². The van der Waals surface area contributed by atoms with Crippen molar-refractivity contribution in [2.75, 3.05) is 13.2 Å². The fourth-order valence-electron chi connectivity index (χ4n) is 4.57. The molecule has 3 heterocycles. The summed E-state index contributed by atoms with van der Waals surface area (Å²) in [6.45, 7) is 5.36. The lowest BCUT2D eigenvalue weighted by Crippen LogP contribution is -2.29. The van der Waals surface area contributed by atoms with E-state index in [1.807, 2.05) is 37.3 Å². The summed E-state index contributed by atoms with van der Waals surface area (Å²) in [7, 11) is 0. The fourth-order valence-corrected chi connectivity index (χ4v) is 4.57. The minimum Gasteiger partial charge on any atom is -0.490 e. The number of nitrogens with zero attached hydrogens (tertiary/aromatic N) is 2. The van der Waals surface area contributed by atoms with Crippen LogP contribution >= 0.6 is 0 Å². The maximum Gasteiger partial charge on any atom is 0.291 e. The second-order valence-electron chi connectivity index (χ2n) is 8.70. The Hall–Kier alpha value is -4.13. The number of hydrogen-bond donors (Lipinski definition) is 0. The number of benzene rings is 2. The lowest BCUT2D eigenvalue weighted by molar-refractivity contribution is 0.0714. The maximum atomic E-state index is 13.7. The molecule has 1 atom stereocenters. The summed E-state index contributed by atoms with van der Waals surface area (Å²) in [4.78, 5) is 33.1. The summed E-state index contributed by atoms with van der Waals surface area (Å²) in [6, 6.07) is 15.7. The maximum absolute atomic E-state index is 13.7. The largest absolute Gasteiger partial charge is 0.490 e. The summed E-state index contributed by atoms with van der Waals surface area (Å²) < 4.78 is 17.9. The number of rotatable bonds is 9. The molecule has 0 spiro atoms. The Bertz CT molecular complexity index is 1450. The van der Waals surface area contributed by atoms with Gasteiger partial charge in [-0.3, -0.25) is 14.6 Å². The first-order valence-electron chi connectivity index (χ1n) is 12.3.